The molecule has 0 saturated carbocycles. The van der Waals surface area contributed by atoms with Crippen molar-refractivity contribution in [3.8, 4) is 11.3 Å². The third-order valence-electron chi connectivity index (χ3n) is 1.57. The highest BCUT2D eigenvalue weighted by molar-refractivity contribution is 5.64. The van der Waals surface area contributed by atoms with Gasteiger partial charge in [0.25, 0.3) is 0 Å². The summed E-state index contributed by atoms with van der Waals surface area (Å²) >= 11 is 0. The molecule has 2 heterocycles. The first kappa shape index (κ1) is 5.47. The molecular formula is C8H7N2. The monoisotopic (exact) mass is 131 g/mol. The first-order chi connectivity index (χ1) is 4.88. The highest BCUT2D eigenvalue weighted by atomic mass is 14.8. The van der Waals surface area contributed by atoms with Crippen LogP contribution in [0.1, 0.15) is 5.56 Å². The predicted octanol–water partition coefficient (Wildman–Crippen LogP) is 1.70. The molecule has 0 aromatic rings. The lowest BCUT2D eigenvalue weighted by Gasteiger charge is -1.99. The van der Waals surface area contributed by atoms with Gasteiger partial charge in [-0.25, -0.2) is 0 Å². The van der Waals surface area contributed by atoms with E-state index in [2.05, 4.69) is 16.9 Å². The van der Waals surface area contributed by atoms with Crippen LogP contribution in [0, 0.1) is 6.92 Å². The molecule has 0 amide bonds. The fraction of sp³-hybridized carbons (Fsp3) is 0. The summed E-state index contributed by atoms with van der Waals surface area (Å²) < 4.78 is 0. The fourth-order valence-corrected chi connectivity index (χ4v) is 1.02. The molecule has 2 nitrogen and oxygen atoms in total. The molecule has 49 valence electrons. The molecule has 1 radical (unpaired) electrons. The smallest absolute Gasteiger partial charge is 0.0657 e. The van der Waals surface area contributed by atoms with Crippen molar-refractivity contribution in [1.29, 1.82) is 0 Å². The van der Waals surface area contributed by atoms with Crippen LogP contribution in [-0.4, -0.2) is 9.97 Å². The SMILES string of the molecule is [CH2]c1cc[nH]c2cncc1-2. The zero-order valence-corrected chi connectivity index (χ0v) is 5.46. The highest BCUT2D eigenvalue weighted by Crippen LogP contribution is 2.20. The number of aromatic nitrogens is 2. The molecule has 2 aliphatic heterocycles. The lowest BCUT2D eigenvalue weighted by molar-refractivity contribution is 1.32. The van der Waals surface area contributed by atoms with Gasteiger partial charge in [-0.3, -0.25) is 4.98 Å². The second kappa shape index (κ2) is 1.84. The van der Waals surface area contributed by atoms with Crippen molar-refractivity contribution in [2.24, 2.45) is 0 Å². The average Bonchev–Trinajstić information content (AvgIpc) is 2.36. The van der Waals surface area contributed by atoms with Gasteiger partial charge in [-0.1, -0.05) is 0 Å². The predicted molar refractivity (Wildman–Crippen MR) is 39.7 cm³/mol. The fourth-order valence-electron chi connectivity index (χ4n) is 1.02. The molecule has 0 fully saturated rings. The van der Waals surface area contributed by atoms with Gasteiger partial charge in [-0.05, 0) is 18.6 Å². The summed E-state index contributed by atoms with van der Waals surface area (Å²) in [5.74, 6) is 0. The van der Waals surface area contributed by atoms with Crippen molar-refractivity contribution in [1.82, 2.24) is 9.97 Å². The number of aromatic amines is 1. The van der Waals surface area contributed by atoms with Crippen LogP contribution in [0.25, 0.3) is 11.3 Å². The van der Waals surface area contributed by atoms with Crippen LogP contribution in [0.2, 0.25) is 0 Å². The van der Waals surface area contributed by atoms with Gasteiger partial charge in [0.15, 0.2) is 0 Å². The minimum atomic E-state index is 1.02. The summed E-state index contributed by atoms with van der Waals surface area (Å²) in [5.41, 5.74) is 3.17. The standard InChI is InChI=1S/C8H7N2/c1-6-2-3-10-8-5-9-4-7(6)8/h2-5,10H,1H2. The Labute approximate surface area is 59.3 Å². The van der Waals surface area contributed by atoms with E-state index in [1.165, 1.54) is 0 Å². The Kier molecular flexibility index (Phi) is 1.01. The number of hydrogen-bond acceptors (Lipinski definition) is 1. The van der Waals surface area contributed by atoms with Gasteiger partial charge in [0.1, 0.15) is 0 Å². The first-order valence-electron chi connectivity index (χ1n) is 3.11. The molecule has 2 heteroatoms. The summed E-state index contributed by atoms with van der Waals surface area (Å²) in [4.78, 5) is 7.06. The lowest BCUT2D eigenvalue weighted by Crippen LogP contribution is -1.82. The highest BCUT2D eigenvalue weighted by Gasteiger charge is 2.03. The number of nitrogens with one attached hydrogen (secondary N) is 1. The van der Waals surface area contributed by atoms with E-state index >= 15 is 0 Å². The van der Waals surface area contributed by atoms with Crippen LogP contribution in [0.15, 0.2) is 24.7 Å². The molecule has 0 aliphatic carbocycles. The molecule has 0 bridgehead atoms. The van der Waals surface area contributed by atoms with Gasteiger partial charge < -0.3 is 4.98 Å². The van der Waals surface area contributed by atoms with E-state index in [0.29, 0.717) is 0 Å². The van der Waals surface area contributed by atoms with E-state index < -0.39 is 0 Å². The van der Waals surface area contributed by atoms with Gasteiger partial charge in [-0.2, -0.15) is 0 Å². The van der Waals surface area contributed by atoms with Crippen molar-refractivity contribution in [3.05, 3.63) is 37.1 Å². The quantitative estimate of drug-likeness (QED) is 0.579. The molecule has 0 spiro atoms. The van der Waals surface area contributed by atoms with E-state index in [-0.39, 0.29) is 0 Å². The normalized spacial score (nSPS) is 10.5. The maximum absolute atomic E-state index is 3.99. The van der Waals surface area contributed by atoms with Crippen LogP contribution < -0.4 is 0 Å². The van der Waals surface area contributed by atoms with E-state index in [1.54, 1.807) is 6.20 Å². The maximum Gasteiger partial charge on any atom is 0.0657 e. The van der Waals surface area contributed by atoms with Crippen LogP contribution in [0.5, 0.6) is 0 Å². The van der Waals surface area contributed by atoms with E-state index in [0.717, 1.165) is 16.8 Å². The molecule has 2 rings (SSSR count). The van der Waals surface area contributed by atoms with Crippen molar-refractivity contribution in [2.75, 3.05) is 0 Å². The summed E-state index contributed by atoms with van der Waals surface area (Å²) in [6.07, 6.45) is 5.48. The zero-order valence-electron chi connectivity index (χ0n) is 5.46. The number of nitrogens with zero attached hydrogens (tertiary/aromatic N) is 1. The molecule has 10 heavy (non-hydrogen) atoms. The number of pyridine rings is 1. The van der Waals surface area contributed by atoms with Crippen LogP contribution >= 0.6 is 0 Å². The van der Waals surface area contributed by atoms with Crippen molar-refractivity contribution in [3.63, 3.8) is 0 Å². The topological polar surface area (TPSA) is 28.7 Å². The number of rotatable bonds is 0. The Bertz CT molecular complexity index is 311. The van der Waals surface area contributed by atoms with Gasteiger partial charge in [0, 0.05) is 18.0 Å². The average molecular weight is 131 g/mol. The van der Waals surface area contributed by atoms with Gasteiger partial charge in [0.05, 0.1) is 11.9 Å². The Morgan fingerprint density at radius 3 is 3.10 bits per heavy atom. The minimum Gasteiger partial charge on any atom is -0.360 e. The lowest BCUT2D eigenvalue weighted by atomic mass is 10.1. The van der Waals surface area contributed by atoms with Crippen LogP contribution in [-0.2, 0) is 0 Å². The largest absolute Gasteiger partial charge is 0.360 e. The van der Waals surface area contributed by atoms with Crippen LogP contribution in [0.3, 0.4) is 0 Å². The molecular weight excluding hydrogens is 124 g/mol. The second-order valence-corrected chi connectivity index (χ2v) is 2.24. The number of fused-ring (bicyclic) bond motifs is 1. The first-order valence-corrected chi connectivity index (χ1v) is 3.11. The Morgan fingerprint density at radius 1 is 1.40 bits per heavy atom. The Hall–Kier alpha value is -1.31. The molecule has 1 N–H and O–H groups in total. The summed E-state index contributed by atoms with van der Waals surface area (Å²) in [7, 11) is 0. The number of H-pyrrole nitrogens is 1. The molecule has 0 atom stereocenters. The van der Waals surface area contributed by atoms with E-state index in [4.69, 9.17) is 0 Å². The molecule has 0 aromatic heterocycles. The van der Waals surface area contributed by atoms with Crippen molar-refractivity contribution >= 4 is 0 Å². The van der Waals surface area contributed by atoms with E-state index in [1.807, 2.05) is 18.5 Å². The molecule has 0 aromatic carbocycles. The Balaban J connectivity index is 2.80. The second-order valence-electron chi connectivity index (χ2n) is 2.24. The van der Waals surface area contributed by atoms with Gasteiger partial charge in [-0.15, -0.1) is 0 Å². The van der Waals surface area contributed by atoms with Gasteiger partial charge in [0.2, 0.25) is 0 Å². The minimum absolute atomic E-state index is 1.02. The Morgan fingerprint density at radius 2 is 2.30 bits per heavy atom. The third kappa shape index (κ3) is 0.620. The third-order valence-corrected chi connectivity index (χ3v) is 1.57. The van der Waals surface area contributed by atoms with Crippen LogP contribution in [0.4, 0.5) is 0 Å². The van der Waals surface area contributed by atoms with E-state index in [9.17, 15) is 0 Å². The van der Waals surface area contributed by atoms with Gasteiger partial charge >= 0.3 is 0 Å². The molecule has 2 aliphatic rings. The van der Waals surface area contributed by atoms with Crippen molar-refractivity contribution in [2.45, 2.75) is 0 Å². The maximum atomic E-state index is 3.99. The molecule has 0 saturated heterocycles. The number of hydrogen-bond donors (Lipinski definition) is 1. The molecule has 0 unspecified atom stereocenters. The summed E-state index contributed by atoms with van der Waals surface area (Å²) in [5, 5.41) is 0. The summed E-state index contributed by atoms with van der Waals surface area (Å²) in [6, 6.07) is 1.93. The zero-order chi connectivity index (χ0) is 6.97. The summed E-state index contributed by atoms with van der Waals surface area (Å²) in [6.45, 7) is 3.86. The van der Waals surface area contributed by atoms with Crippen molar-refractivity contribution < 1.29 is 0 Å².